The molecule has 2 saturated heterocycles. The number of anilines is 1. The number of fused-ring (bicyclic) bond motifs is 1. The number of hydrogen-bond donors (Lipinski definition) is 2. The van der Waals surface area contributed by atoms with Crippen molar-refractivity contribution in [3.8, 4) is 0 Å². The van der Waals surface area contributed by atoms with Crippen LogP contribution in [0.2, 0.25) is 5.02 Å². The highest BCUT2D eigenvalue weighted by atomic mass is 35.5. The van der Waals surface area contributed by atoms with E-state index in [4.69, 9.17) is 11.6 Å². The minimum absolute atomic E-state index is 0.0123. The van der Waals surface area contributed by atoms with Crippen molar-refractivity contribution >= 4 is 23.3 Å². The highest BCUT2D eigenvalue weighted by Gasteiger charge is 2.41. The summed E-state index contributed by atoms with van der Waals surface area (Å²) >= 11 is 5.93. The van der Waals surface area contributed by atoms with Crippen molar-refractivity contribution in [1.29, 1.82) is 0 Å². The van der Waals surface area contributed by atoms with E-state index < -0.39 is 17.8 Å². The second-order valence-electron chi connectivity index (χ2n) is 10.8. The zero-order valence-electron chi connectivity index (χ0n) is 20.5. The number of halogens is 2. The molecule has 1 aromatic carbocycles. The van der Waals surface area contributed by atoms with Gasteiger partial charge in [-0.3, -0.25) is 4.79 Å². The summed E-state index contributed by atoms with van der Waals surface area (Å²) in [6.45, 7) is 8.75. The average Bonchev–Trinajstić information content (AvgIpc) is 3.34. The first kappa shape index (κ1) is 24.4. The molecule has 2 aromatic rings. The molecule has 0 unspecified atom stereocenters. The number of rotatable bonds is 4. The van der Waals surface area contributed by atoms with Gasteiger partial charge in [-0.05, 0) is 56.7 Å². The fraction of sp³-hybridized carbons (Fsp3) is 0.577. The SMILES string of the molecule is C[C@@H]1C[C@@H](O)c2ncnc(N3CCN(C(=O)[C@@H](c4ccc(Cl)c(F)c4)[C@@H]4CCC(C)(C)N4)CC3)c21. The molecule has 2 N–H and O–H groups in total. The molecular weight excluding hydrogens is 469 g/mol. The molecule has 0 spiro atoms. The van der Waals surface area contributed by atoms with E-state index in [0.717, 1.165) is 29.9 Å². The quantitative estimate of drug-likeness (QED) is 0.663. The van der Waals surface area contributed by atoms with Crippen LogP contribution in [0.15, 0.2) is 24.5 Å². The molecular formula is C26H33ClFN5O2. The molecule has 1 amide bonds. The van der Waals surface area contributed by atoms with Crippen LogP contribution in [0.25, 0.3) is 0 Å². The first-order valence-electron chi connectivity index (χ1n) is 12.4. The molecule has 9 heteroatoms. The summed E-state index contributed by atoms with van der Waals surface area (Å²) in [7, 11) is 0. The van der Waals surface area contributed by atoms with E-state index in [1.54, 1.807) is 6.07 Å². The van der Waals surface area contributed by atoms with E-state index in [0.29, 0.717) is 38.2 Å². The van der Waals surface area contributed by atoms with Gasteiger partial charge in [-0.15, -0.1) is 0 Å². The summed E-state index contributed by atoms with van der Waals surface area (Å²) in [5.41, 5.74) is 2.33. The van der Waals surface area contributed by atoms with Crippen LogP contribution in [0.1, 0.15) is 74.8 Å². The van der Waals surface area contributed by atoms with Gasteiger partial charge < -0.3 is 20.2 Å². The number of piperazine rings is 1. The predicted octanol–water partition coefficient (Wildman–Crippen LogP) is 3.77. The number of carbonyl (C=O) groups is 1. The van der Waals surface area contributed by atoms with Crippen molar-refractivity contribution in [2.75, 3.05) is 31.1 Å². The molecule has 0 saturated carbocycles. The fourth-order valence-corrected chi connectivity index (χ4v) is 6.07. The highest BCUT2D eigenvalue weighted by molar-refractivity contribution is 6.30. The summed E-state index contributed by atoms with van der Waals surface area (Å²) in [4.78, 5) is 26.8. The molecule has 0 radical (unpaired) electrons. The summed E-state index contributed by atoms with van der Waals surface area (Å²) in [5, 5.41) is 14.0. The van der Waals surface area contributed by atoms with Gasteiger partial charge >= 0.3 is 0 Å². The molecule has 4 atom stereocenters. The molecule has 0 bridgehead atoms. The van der Waals surface area contributed by atoms with Crippen LogP contribution in [0, 0.1) is 5.82 Å². The van der Waals surface area contributed by atoms with Gasteiger partial charge in [-0.2, -0.15) is 0 Å². The molecule has 5 rings (SSSR count). The maximum atomic E-state index is 14.4. The van der Waals surface area contributed by atoms with Crippen molar-refractivity contribution in [1.82, 2.24) is 20.2 Å². The standard InChI is InChI=1S/C26H33ClFN5O2/c1-15-12-20(34)23-21(15)24(30-14-29-23)32-8-10-33(11-9-32)25(35)22(19-6-7-26(2,3)31-19)16-4-5-17(27)18(28)13-16/h4-5,13-15,19-20,22,31,34H,6-12H2,1-3H3/t15-,19+,20-,22+/m1/s1. The number of aliphatic hydroxyl groups excluding tert-OH is 1. The van der Waals surface area contributed by atoms with Gasteiger partial charge in [0.25, 0.3) is 0 Å². The lowest BCUT2D eigenvalue weighted by Crippen LogP contribution is -2.53. The Balaban J connectivity index is 1.35. The van der Waals surface area contributed by atoms with Gasteiger partial charge in [0.1, 0.15) is 18.0 Å². The molecule has 2 fully saturated rings. The third-order valence-corrected chi connectivity index (χ3v) is 8.10. The monoisotopic (exact) mass is 501 g/mol. The number of aliphatic hydroxyl groups is 1. The number of nitrogens with one attached hydrogen (secondary N) is 1. The normalized spacial score (nSPS) is 26.6. The minimum atomic E-state index is -0.548. The van der Waals surface area contributed by atoms with Crippen LogP contribution < -0.4 is 10.2 Å². The summed E-state index contributed by atoms with van der Waals surface area (Å²) in [6, 6.07) is 4.65. The summed E-state index contributed by atoms with van der Waals surface area (Å²) in [5.74, 6) is 0.0864. The largest absolute Gasteiger partial charge is 0.387 e. The van der Waals surface area contributed by atoms with Gasteiger partial charge in [-0.25, -0.2) is 14.4 Å². The van der Waals surface area contributed by atoms with Gasteiger partial charge in [0.15, 0.2) is 0 Å². The Hall–Kier alpha value is -2.29. The second-order valence-corrected chi connectivity index (χ2v) is 11.2. The highest BCUT2D eigenvalue weighted by Crippen LogP contribution is 2.43. The summed E-state index contributed by atoms with van der Waals surface area (Å²) < 4.78 is 14.4. The van der Waals surface area contributed by atoms with Gasteiger partial charge in [0.2, 0.25) is 5.91 Å². The molecule has 3 aliphatic rings. The molecule has 35 heavy (non-hydrogen) atoms. The smallest absolute Gasteiger partial charge is 0.231 e. The Labute approximate surface area is 210 Å². The number of benzene rings is 1. The lowest BCUT2D eigenvalue weighted by molar-refractivity contribution is -0.133. The third kappa shape index (κ3) is 4.63. The van der Waals surface area contributed by atoms with Crippen LogP contribution in [0.5, 0.6) is 0 Å². The van der Waals surface area contributed by atoms with Gasteiger partial charge in [-0.1, -0.05) is 24.6 Å². The molecule has 1 aromatic heterocycles. The average molecular weight is 502 g/mol. The van der Waals surface area contributed by atoms with E-state index in [-0.39, 0.29) is 28.4 Å². The molecule has 2 aliphatic heterocycles. The van der Waals surface area contributed by atoms with Gasteiger partial charge in [0, 0.05) is 43.3 Å². The maximum Gasteiger partial charge on any atom is 0.231 e. The Morgan fingerprint density at radius 1 is 1.26 bits per heavy atom. The van der Waals surface area contributed by atoms with Crippen LogP contribution in [-0.4, -0.2) is 63.6 Å². The van der Waals surface area contributed by atoms with Crippen molar-refractivity contribution in [2.24, 2.45) is 0 Å². The van der Waals surface area contributed by atoms with Crippen molar-refractivity contribution in [3.05, 3.63) is 52.2 Å². The number of carbonyl (C=O) groups excluding carboxylic acids is 1. The number of nitrogens with zero attached hydrogens (tertiary/aromatic N) is 4. The predicted molar refractivity (Wildman–Crippen MR) is 133 cm³/mol. The molecule has 3 heterocycles. The molecule has 7 nitrogen and oxygen atoms in total. The van der Waals surface area contributed by atoms with Gasteiger partial charge in [0.05, 0.1) is 22.7 Å². The maximum absolute atomic E-state index is 14.4. The molecule has 188 valence electrons. The van der Waals surface area contributed by atoms with E-state index in [1.807, 2.05) is 4.90 Å². The van der Waals surface area contributed by atoms with Crippen LogP contribution in [0.4, 0.5) is 10.2 Å². The summed E-state index contributed by atoms with van der Waals surface area (Å²) in [6.07, 6.45) is 3.43. The lowest BCUT2D eigenvalue weighted by Gasteiger charge is -2.39. The Kier molecular flexibility index (Phi) is 6.48. The minimum Gasteiger partial charge on any atom is -0.387 e. The third-order valence-electron chi connectivity index (χ3n) is 7.80. The van der Waals surface area contributed by atoms with E-state index in [2.05, 4.69) is 41.0 Å². The first-order chi connectivity index (χ1) is 16.6. The number of hydrogen-bond acceptors (Lipinski definition) is 6. The number of amides is 1. The van der Waals surface area contributed by atoms with Crippen molar-refractivity contribution in [2.45, 2.75) is 69.6 Å². The fourth-order valence-electron chi connectivity index (χ4n) is 5.95. The lowest BCUT2D eigenvalue weighted by atomic mass is 9.88. The van der Waals surface area contributed by atoms with E-state index in [1.165, 1.54) is 18.5 Å². The zero-order chi connectivity index (χ0) is 24.9. The van der Waals surface area contributed by atoms with E-state index in [9.17, 15) is 14.3 Å². The van der Waals surface area contributed by atoms with Crippen LogP contribution in [-0.2, 0) is 4.79 Å². The van der Waals surface area contributed by atoms with Crippen LogP contribution >= 0.6 is 11.6 Å². The Morgan fingerprint density at radius 2 is 2.00 bits per heavy atom. The number of aromatic nitrogens is 2. The molecule has 1 aliphatic carbocycles. The topological polar surface area (TPSA) is 81.6 Å². The van der Waals surface area contributed by atoms with Crippen LogP contribution in [0.3, 0.4) is 0 Å². The van der Waals surface area contributed by atoms with Crippen molar-refractivity contribution in [3.63, 3.8) is 0 Å². The van der Waals surface area contributed by atoms with E-state index >= 15 is 0 Å². The Bertz CT molecular complexity index is 1120. The zero-order valence-corrected chi connectivity index (χ0v) is 21.2. The first-order valence-corrected chi connectivity index (χ1v) is 12.8. The van der Waals surface area contributed by atoms with Crippen molar-refractivity contribution < 1.29 is 14.3 Å². The Morgan fingerprint density at radius 3 is 2.66 bits per heavy atom. The second kappa shape index (κ2) is 9.30.